The number of hydrogen-bond donors (Lipinski definition) is 2. The van der Waals surface area contributed by atoms with Gasteiger partial charge in [-0.25, -0.2) is 0 Å². The summed E-state index contributed by atoms with van der Waals surface area (Å²) in [6.07, 6.45) is 3.80. The Labute approximate surface area is 104 Å². The van der Waals surface area contributed by atoms with Crippen LogP contribution >= 0.6 is 11.6 Å². The Morgan fingerprint density at radius 3 is 2.12 bits per heavy atom. The second-order valence-corrected chi connectivity index (χ2v) is 4.99. The van der Waals surface area contributed by atoms with Crippen LogP contribution in [0.5, 0.6) is 11.5 Å². The molecule has 0 heterocycles. The number of rotatable bonds is 0. The molecule has 3 heteroatoms. The molecule has 0 saturated carbocycles. The molecule has 1 aliphatic carbocycles. The topological polar surface area (TPSA) is 40.5 Å². The molecule has 2 aromatic rings. The summed E-state index contributed by atoms with van der Waals surface area (Å²) in [5, 5.41) is 22.4. The minimum absolute atomic E-state index is 0.287. The van der Waals surface area contributed by atoms with Gasteiger partial charge < -0.3 is 10.2 Å². The molecule has 0 aliphatic heterocycles. The summed E-state index contributed by atoms with van der Waals surface area (Å²) in [4.78, 5) is 0. The van der Waals surface area contributed by atoms with E-state index in [-0.39, 0.29) is 5.75 Å². The van der Waals surface area contributed by atoms with Crippen LogP contribution in [0.2, 0.25) is 5.02 Å². The maximum Gasteiger partial charge on any atom is 0.127 e. The zero-order chi connectivity index (χ0) is 12.0. The molecule has 0 bridgehead atoms. The fourth-order valence-corrected chi connectivity index (χ4v) is 2.84. The molecule has 1 aliphatic rings. The van der Waals surface area contributed by atoms with Gasteiger partial charge in [-0.15, -0.1) is 0 Å². The first-order valence-electron chi connectivity index (χ1n) is 5.83. The first-order chi connectivity index (χ1) is 8.18. The van der Waals surface area contributed by atoms with Gasteiger partial charge in [0.1, 0.15) is 11.5 Å². The third-order valence-electron chi connectivity index (χ3n) is 3.53. The van der Waals surface area contributed by atoms with E-state index in [1.165, 1.54) is 0 Å². The van der Waals surface area contributed by atoms with E-state index in [0.29, 0.717) is 21.5 Å². The van der Waals surface area contributed by atoms with Gasteiger partial charge >= 0.3 is 0 Å². The molecule has 2 N–H and O–H groups in total. The first kappa shape index (κ1) is 10.7. The van der Waals surface area contributed by atoms with Gasteiger partial charge in [0.25, 0.3) is 0 Å². The molecular weight excluding hydrogens is 236 g/mol. The van der Waals surface area contributed by atoms with Gasteiger partial charge in [-0.05, 0) is 43.9 Å². The molecule has 0 unspecified atom stereocenters. The third kappa shape index (κ3) is 1.55. The summed E-state index contributed by atoms with van der Waals surface area (Å²) in [5.41, 5.74) is 1.80. The summed E-state index contributed by atoms with van der Waals surface area (Å²) < 4.78 is 0. The van der Waals surface area contributed by atoms with Crippen LogP contribution < -0.4 is 0 Å². The molecule has 17 heavy (non-hydrogen) atoms. The van der Waals surface area contributed by atoms with E-state index in [9.17, 15) is 10.2 Å². The van der Waals surface area contributed by atoms with Crippen molar-refractivity contribution in [1.82, 2.24) is 0 Å². The lowest BCUT2D eigenvalue weighted by Gasteiger charge is -2.20. The molecule has 0 spiro atoms. The minimum atomic E-state index is 0.287. The molecule has 2 nitrogen and oxygen atoms in total. The number of halogens is 1. The van der Waals surface area contributed by atoms with Gasteiger partial charge in [0.2, 0.25) is 0 Å². The van der Waals surface area contributed by atoms with Gasteiger partial charge in [0.15, 0.2) is 0 Å². The lowest BCUT2D eigenvalue weighted by Crippen LogP contribution is -2.03. The van der Waals surface area contributed by atoms with Crippen molar-refractivity contribution in [2.45, 2.75) is 25.7 Å². The van der Waals surface area contributed by atoms with E-state index >= 15 is 0 Å². The van der Waals surface area contributed by atoms with Gasteiger partial charge in [-0.3, -0.25) is 0 Å². The number of benzene rings is 2. The second-order valence-electron chi connectivity index (χ2n) is 4.55. The van der Waals surface area contributed by atoms with Gasteiger partial charge in [-0.2, -0.15) is 0 Å². The zero-order valence-corrected chi connectivity index (χ0v) is 10.1. The Bertz CT molecular complexity index is 605. The third-order valence-corrected chi connectivity index (χ3v) is 3.77. The summed E-state index contributed by atoms with van der Waals surface area (Å²) in [7, 11) is 0. The standard InChI is InChI=1S/C14H13ClO2/c15-8-5-6-11-12(7-8)14(17)10-4-2-1-3-9(10)13(11)16/h5-7,16-17H,1-4H2. The van der Waals surface area contributed by atoms with Crippen LogP contribution in [0.4, 0.5) is 0 Å². The van der Waals surface area contributed by atoms with Crippen LogP contribution in [0, 0.1) is 0 Å². The summed E-state index contributed by atoms with van der Waals surface area (Å²) in [5.74, 6) is 0.596. The molecule has 0 radical (unpaired) electrons. The highest BCUT2D eigenvalue weighted by molar-refractivity contribution is 6.31. The average Bonchev–Trinajstić information content (AvgIpc) is 2.36. The molecule has 0 saturated heterocycles. The lowest BCUT2D eigenvalue weighted by molar-refractivity contribution is 0.449. The Balaban J connectivity index is 2.43. The van der Waals surface area contributed by atoms with Gasteiger partial charge in [0.05, 0.1) is 0 Å². The van der Waals surface area contributed by atoms with E-state index in [1.807, 2.05) is 0 Å². The Morgan fingerprint density at radius 1 is 0.882 bits per heavy atom. The molecule has 0 fully saturated rings. The van der Waals surface area contributed by atoms with Crippen molar-refractivity contribution in [2.75, 3.05) is 0 Å². The number of fused-ring (bicyclic) bond motifs is 2. The van der Waals surface area contributed by atoms with Crippen molar-refractivity contribution in [3.63, 3.8) is 0 Å². The van der Waals surface area contributed by atoms with E-state index in [1.54, 1.807) is 18.2 Å². The van der Waals surface area contributed by atoms with Crippen LogP contribution in [0.25, 0.3) is 10.8 Å². The quantitative estimate of drug-likeness (QED) is 0.697. The van der Waals surface area contributed by atoms with E-state index in [4.69, 9.17) is 11.6 Å². The van der Waals surface area contributed by atoms with Crippen LogP contribution in [0.15, 0.2) is 18.2 Å². The first-order valence-corrected chi connectivity index (χ1v) is 6.21. The summed E-state index contributed by atoms with van der Waals surface area (Å²) in [6, 6.07) is 5.21. The Kier molecular flexibility index (Phi) is 2.40. The predicted molar refractivity (Wildman–Crippen MR) is 68.9 cm³/mol. The van der Waals surface area contributed by atoms with Crippen LogP contribution in [0.1, 0.15) is 24.0 Å². The molecular formula is C14H13ClO2. The van der Waals surface area contributed by atoms with Crippen LogP contribution in [-0.2, 0) is 12.8 Å². The fourth-order valence-electron chi connectivity index (χ4n) is 2.67. The van der Waals surface area contributed by atoms with E-state index in [2.05, 4.69) is 0 Å². The molecule has 2 aromatic carbocycles. The SMILES string of the molecule is Oc1c2c(c(O)c3cc(Cl)ccc13)CCCC2. The maximum absolute atomic E-state index is 10.3. The van der Waals surface area contributed by atoms with Crippen molar-refractivity contribution in [1.29, 1.82) is 0 Å². The van der Waals surface area contributed by atoms with Crippen molar-refractivity contribution >= 4 is 22.4 Å². The van der Waals surface area contributed by atoms with E-state index in [0.717, 1.165) is 36.8 Å². The monoisotopic (exact) mass is 248 g/mol. The number of phenolic OH excluding ortho intramolecular Hbond substituents is 2. The normalized spacial score (nSPS) is 14.9. The molecule has 3 rings (SSSR count). The fraction of sp³-hybridized carbons (Fsp3) is 0.286. The maximum atomic E-state index is 10.3. The molecule has 0 amide bonds. The molecule has 0 aromatic heterocycles. The number of aromatic hydroxyl groups is 2. The second kappa shape index (κ2) is 3.81. The van der Waals surface area contributed by atoms with E-state index < -0.39 is 0 Å². The average molecular weight is 249 g/mol. The minimum Gasteiger partial charge on any atom is -0.507 e. The van der Waals surface area contributed by atoms with Crippen molar-refractivity contribution < 1.29 is 10.2 Å². The van der Waals surface area contributed by atoms with Gasteiger partial charge in [0, 0.05) is 26.9 Å². The van der Waals surface area contributed by atoms with Crippen LogP contribution in [-0.4, -0.2) is 10.2 Å². The van der Waals surface area contributed by atoms with Crippen molar-refractivity contribution in [3.05, 3.63) is 34.3 Å². The Hall–Kier alpha value is -1.41. The highest BCUT2D eigenvalue weighted by Crippen LogP contribution is 2.43. The smallest absolute Gasteiger partial charge is 0.127 e. The summed E-state index contributed by atoms with van der Waals surface area (Å²) >= 11 is 5.93. The largest absolute Gasteiger partial charge is 0.507 e. The Morgan fingerprint density at radius 2 is 1.47 bits per heavy atom. The highest BCUT2D eigenvalue weighted by Gasteiger charge is 2.21. The number of hydrogen-bond acceptors (Lipinski definition) is 2. The highest BCUT2D eigenvalue weighted by atomic mass is 35.5. The van der Waals surface area contributed by atoms with Crippen molar-refractivity contribution in [2.24, 2.45) is 0 Å². The number of phenols is 2. The van der Waals surface area contributed by atoms with Gasteiger partial charge in [-0.1, -0.05) is 11.6 Å². The lowest BCUT2D eigenvalue weighted by atomic mass is 9.87. The molecule has 0 atom stereocenters. The summed E-state index contributed by atoms with van der Waals surface area (Å²) in [6.45, 7) is 0. The zero-order valence-electron chi connectivity index (χ0n) is 9.33. The predicted octanol–water partition coefficient (Wildman–Crippen LogP) is 3.78. The molecule has 88 valence electrons. The van der Waals surface area contributed by atoms with Crippen LogP contribution in [0.3, 0.4) is 0 Å². The van der Waals surface area contributed by atoms with Crippen molar-refractivity contribution in [3.8, 4) is 11.5 Å².